The molecular formula is C14H21NO2. The van der Waals surface area contributed by atoms with E-state index >= 15 is 0 Å². The molecule has 3 nitrogen and oxygen atoms in total. The highest BCUT2D eigenvalue weighted by Gasteiger charge is 2.12. The Morgan fingerprint density at radius 3 is 2.88 bits per heavy atom. The van der Waals surface area contributed by atoms with E-state index in [-0.39, 0.29) is 0 Å². The molecule has 0 spiro atoms. The lowest BCUT2D eigenvalue weighted by Gasteiger charge is -2.22. The molecule has 1 heterocycles. The molecule has 0 aliphatic carbocycles. The molecule has 17 heavy (non-hydrogen) atoms. The Hall–Kier alpha value is -0.900. The Kier molecular flexibility index (Phi) is 5.49. The molecule has 0 bridgehead atoms. The Bertz CT molecular complexity index is 296. The number of ether oxygens (including phenoxy) is 2. The average Bonchev–Trinajstić information content (AvgIpc) is 2.41. The molecule has 1 aromatic rings. The van der Waals surface area contributed by atoms with Gasteiger partial charge in [-0.1, -0.05) is 30.3 Å². The number of nitrogens with one attached hydrogen (secondary N) is 1. The van der Waals surface area contributed by atoms with Crippen molar-refractivity contribution in [3.8, 4) is 0 Å². The normalized spacial score (nSPS) is 20.4. The number of hydrogen-bond acceptors (Lipinski definition) is 3. The highest BCUT2D eigenvalue weighted by Crippen LogP contribution is 2.05. The van der Waals surface area contributed by atoms with Crippen molar-refractivity contribution in [1.29, 1.82) is 0 Å². The van der Waals surface area contributed by atoms with Crippen LogP contribution < -0.4 is 5.32 Å². The van der Waals surface area contributed by atoms with Crippen LogP contribution in [0.4, 0.5) is 0 Å². The van der Waals surface area contributed by atoms with Crippen LogP contribution in [-0.2, 0) is 15.9 Å². The summed E-state index contributed by atoms with van der Waals surface area (Å²) in [5.74, 6) is 0. The summed E-state index contributed by atoms with van der Waals surface area (Å²) in [5.41, 5.74) is 1.41. The zero-order chi connectivity index (χ0) is 11.8. The number of benzene rings is 1. The van der Waals surface area contributed by atoms with Crippen molar-refractivity contribution in [2.75, 3.05) is 26.5 Å². The van der Waals surface area contributed by atoms with E-state index in [1.54, 1.807) is 0 Å². The zero-order valence-electron chi connectivity index (χ0n) is 10.2. The first kappa shape index (κ1) is 12.6. The molecule has 0 radical (unpaired) electrons. The topological polar surface area (TPSA) is 30.5 Å². The van der Waals surface area contributed by atoms with Gasteiger partial charge in [-0.25, -0.2) is 0 Å². The first-order valence-electron chi connectivity index (χ1n) is 6.39. The molecule has 1 aliphatic rings. The molecule has 1 fully saturated rings. The summed E-state index contributed by atoms with van der Waals surface area (Å²) in [6.45, 7) is 3.28. The SMILES string of the molecule is c1ccc(CCCNCC2CCOCO2)cc1. The third-order valence-electron chi connectivity index (χ3n) is 3.01. The van der Waals surface area contributed by atoms with E-state index in [9.17, 15) is 0 Å². The molecule has 1 N–H and O–H groups in total. The maximum atomic E-state index is 5.46. The van der Waals surface area contributed by atoms with Crippen LogP contribution in [0.2, 0.25) is 0 Å². The smallest absolute Gasteiger partial charge is 0.147 e. The van der Waals surface area contributed by atoms with Crippen LogP contribution in [0, 0.1) is 0 Å². The fourth-order valence-electron chi connectivity index (χ4n) is 1.99. The van der Waals surface area contributed by atoms with Gasteiger partial charge in [0.05, 0.1) is 12.7 Å². The second-order valence-electron chi connectivity index (χ2n) is 4.40. The van der Waals surface area contributed by atoms with Crippen LogP contribution in [0.15, 0.2) is 30.3 Å². The van der Waals surface area contributed by atoms with Crippen molar-refractivity contribution in [3.63, 3.8) is 0 Å². The molecular weight excluding hydrogens is 214 g/mol. The monoisotopic (exact) mass is 235 g/mol. The third kappa shape index (κ3) is 4.86. The standard InChI is InChI=1S/C14H21NO2/c1-2-5-13(6-3-1)7-4-9-15-11-14-8-10-16-12-17-14/h1-3,5-6,14-15H,4,7-12H2. The van der Waals surface area contributed by atoms with E-state index in [4.69, 9.17) is 9.47 Å². The first-order chi connectivity index (χ1) is 8.45. The van der Waals surface area contributed by atoms with Gasteiger partial charge in [-0.2, -0.15) is 0 Å². The quantitative estimate of drug-likeness (QED) is 0.765. The van der Waals surface area contributed by atoms with Gasteiger partial charge in [-0.3, -0.25) is 0 Å². The van der Waals surface area contributed by atoms with E-state index in [0.717, 1.165) is 32.5 Å². The molecule has 1 atom stereocenters. The Morgan fingerprint density at radius 1 is 1.24 bits per heavy atom. The highest BCUT2D eigenvalue weighted by atomic mass is 16.7. The van der Waals surface area contributed by atoms with Gasteiger partial charge in [-0.15, -0.1) is 0 Å². The van der Waals surface area contributed by atoms with Crippen molar-refractivity contribution in [2.45, 2.75) is 25.4 Å². The van der Waals surface area contributed by atoms with Crippen molar-refractivity contribution in [1.82, 2.24) is 5.32 Å². The Labute approximate surface area is 103 Å². The summed E-state index contributed by atoms with van der Waals surface area (Å²) in [7, 11) is 0. The third-order valence-corrected chi connectivity index (χ3v) is 3.01. The molecule has 1 unspecified atom stereocenters. The maximum Gasteiger partial charge on any atom is 0.147 e. The molecule has 3 heteroatoms. The summed E-state index contributed by atoms with van der Waals surface area (Å²) >= 11 is 0. The van der Waals surface area contributed by atoms with Crippen LogP contribution in [0.1, 0.15) is 18.4 Å². The largest absolute Gasteiger partial charge is 0.355 e. The predicted octanol–water partition coefficient (Wildman–Crippen LogP) is 1.97. The highest BCUT2D eigenvalue weighted by molar-refractivity contribution is 5.14. The Balaban J connectivity index is 1.51. The molecule has 0 saturated carbocycles. The summed E-state index contributed by atoms with van der Waals surface area (Å²) in [5, 5.41) is 3.44. The van der Waals surface area contributed by atoms with Gasteiger partial charge >= 0.3 is 0 Å². The lowest BCUT2D eigenvalue weighted by atomic mass is 10.1. The van der Waals surface area contributed by atoms with Crippen LogP contribution in [0.5, 0.6) is 0 Å². The van der Waals surface area contributed by atoms with Gasteiger partial charge < -0.3 is 14.8 Å². The van der Waals surface area contributed by atoms with E-state index in [0.29, 0.717) is 12.9 Å². The minimum absolute atomic E-state index is 0.334. The van der Waals surface area contributed by atoms with E-state index in [1.165, 1.54) is 12.0 Å². The van der Waals surface area contributed by atoms with E-state index in [1.807, 2.05) is 0 Å². The fourth-order valence-corrected chi connectivity index (χ4v) is 1.99. The lowest BCUT2D eigenvalue weighted by Crippen LogP contribution is -2.34. The van der Waals surface area contributed by atoms with Crippen LogP contribution >= 0.6 is 0 Å². The van der Waals surface area contributed by atoms with Gasteiger partial charge in [0.1, 0.15) is 6.79 Å². The van der Waals surface area contributed by atoms with Crippen molar-refractivity contribution in [2.24, 2.45) is 0 Å². The Morgan fingerprint density at radius 2 is 2.12 bits per heavy atom. The first-order valence-corrected chi connectivity index (χ1v) is 6.39. The molecule has 94 valence electrons. The van der Waals surface area contributed by atoms with Crippen molar-refractivity contribution < 1.29 is 9.47 Å². The molecule has 1 aliphatic heterocycles. The second kappa shape index (κ2) is 7.43. The van der Waals surface area contributed by atoms with Crippen molar-refractivity contribution >= 4 is 0 Å². The summed E-state index contributed by atoms with van der Waals surface area (Å²) < 4.78 is 10.6. The number of aryl methyl sites for hydroxylation is 1. The molecule has 2 rings (SSSR count). The van der Waals surface area contributed by atoms with Gasteiger partial charge in [-0.05, 0) is 31.4 Å². The summed E-state index contributed by atoms with van der Waals surface area (Å²) in [4.78, 5) is 0. The summed E-state index contributed by atoms with van der Waals surface area (Å²) in [6, 6.07) is 10.6. The average molecular weight is 235 g/mol. The summed E-state index contributed by atoms with van der Waals surface area (Å²) in [6.07, 6.45) is 3.65. The fraction of sp³-hybridized carbons (Fsp3) is 0.571. The predicted molar refractivity (Wildman–Crippen MR) is 67.9 cm³/mol. The van der Waals surface area contributed by atoms with E-state index < -0.39 is 0 Å². The minimum Gasteiger partial charge on any atom is -0.355 e. The molecule has 1 saturated heterocycles. The second-order valence-corrected chi connectivity index (χ2v) is 4.40. The molecule has 0 aromatic heterocycles. The minimum atomic E-state index is 0.334. The zero-order valence-corrected chi connectivity index (χ0v) is 10.2. The van der Waals surface area contributed by atoms with Gasteiger partial charge in [0.25, 0.3) is 0 Å². The molecule has 0 amide bonds. The van der Waals surface area contributed by atoms with Gasteiger partial charge in [0.15, 0.2) is 0 Å². The number of hydrogen-bond donors (Lipinski definition) is 1. The van der Waals surface area contributed by atoms with Gasteiger partial charge in [0.2, 0.25) is 0 Å². The van der Waals surface area contributed by atoms with Crippen molar-refractivity contribution in [3.05, 3.63) is 35.9 Å². The van der Waals surface area contributed by atoms with E-state index in [2.05, 4.69) is 35.6 Å². The lowest BCUT2D eigenvalue weighted by molar-refractivity contribution is -0.137. The van der Waals surface area contributed by atoms with Crippen LogP contribution in [0.3, 0.4) is 0 Å². The van der Waals surface area contributed by atoms with Gasteiger partial charge in [0, 0.05) is 6.54 Å². The maximum absolute atomic E-state index is 5.46. The molecule has 1 aromatic carbocycles. The number of rotatable bonds is 6. The van der Waals surface area contributed by atoms with Crippen LogP contribution in [-0.4, -0.2) is 32.6 Å². The van der Waals surface area contributed by atoms with Crippen LogP contribution in [0.25, 0.3) is 0 Å².